The Morgan fingerprint density at radius 2 is 1.95 bits per heavy atom. The number of hydrogen-bond acceptors (Lipinski definition) is 2. The van der Waals surface area contributed by atoms with E-state index in [1.807, 2.05) is 0 Å². The Morgan fingerprint density at radius 3 is 2.75 bits per heavy atom. The van der Waals surface area contributed by atoms with Crippen molar-refractivity contribution in [1.29, 1.82) is 0 Å². The predicted octanol–water partition coefficient (Wildman–Crippen LogP) is 2.86. The molecule has 0 atom stereocenters. The first kappa shape index (κ1) is 14.8. The zero-order valence-corrected chi connectivity index (χ0v) is 12.2. The minimum Gasteiger partial charge on any atom is -0.383 e. The van der Waals surface area contributed by atoms with Crippen LogP contribution in [0.5, 0.6) is 0 Å². The summed E-state index contributed by atoms with van der Waals surface area (Å²) < 4.78 is 7.29. The second-order valence-electron chi connectivity index (χ2n) is 5.02. The van der Waals surface area contributed by atoms with Gasteiger partial charge in [0.05, 0.1) is 6.61 Å². The van der Waals surface area contributed by atoms with Crippen LogP contribution in [0.3, 0.4) is 0 Å². The molecule has 3 heteroatoms. The van der Waals surface area contributed by atoms with Crippen LogP contribution in [0, 0.1) is 0 Å². The van der Waals surface area contributed by atoms with Crippen molar-refractivity contribution < 1.29 is 4.74 Å². The third kappa shape index (κ3) is 5.19. The second kappa shape index (κ2) is 8.56. The summed E-state index contributed by atoms with van der Waals surface area (Å²) in [5, 5.41) is 3.36. The van der Waals surface area contributed by atoms with Crippen molar-refractivity contribution in [2.45, 2.75) is 25.9 Å². The van der Waals surface area contributed by atoms with Crippen molar-refractivity contribution in [1.82, 2.24) is 9.88 Å². The molecule has 0 saturated heterocycles. The number of hydrogen-bond donors (Lipinski definition) is 1. The van der Waals surface area contributed by atoms with Crippen molar-refractivity contribution in [3.05, 3.63) is 59.9 Å². The van der Waals surface area contributed by atoms with E-state index in [0.29, 0.717) is 0 Å². The van der Waals surface area contributed by atoms with E-state index in [-0.39, 0.29) is 0 Å². The second-order valence-corrected chi connectivity index (χ2v) is 5.02. The molecule has 1 aromatic heterocycles. The number of ether oxygens (including phenoxy) is 1. The molecule has 0 bridgehead atoms. The Kier molecular flexibility index (Phi) is 6.35. The molecule has 0 unspecified atom stereocenters. The highest BCUT2D eigenvalue weighted by atomic mass is 16.5. The molecule has 2 rings (SSSR count). The minimum absolute atomic E-state index is 0.762. The van der Waals surface area contributed by atoms with Crippen molar-refractivity contribution in [2.24, 2.45) is 0 Å². The Labute approximate surface area is 121 Å². The van der Waals surface area contributed by atoms with Gasteiger partial charge >= 0.3 is 0 Å². The molecule has 0 aliphatic carbocycles. The number of nitrogens with zero attached hydrogens (tertiary/aromatic N) is 1. The molecular weight excluding hydrogens is 248 g/mol. The molecule has 0 radical (unpaired) electrons. The largest absolute Gasteiger partial charge is 0.383 e. The summed E-state index contributed by atoms with van der Waals surface area (Å²) in [6.45, 7) is 3.65. The molecule has 3 nitrogen and oxygen atoms in total. The van der Waals surface area contributed by atoms with E-state index in [4.69, 9.17) is 4.74 Å². The van der Waals surface area contributed by atoms with E-state index in [1.165, 1.54) is 17.5 Å². The summed E-state index contributed by atoms with van der Waals surface area (Å²) in [6.07, 6.45) is 6.71. The van der Waals surface area contributed by atoms with E-state index >= 15 is 0 Å². The molecule has 20 heavy (non-hydrogen) atoms. The van der Waals surface area contributed by atoms with Gasteiger partial charge in [-0.2, -0.15) is 0 Å². The fourth-order valence-corrected chi connectivity index (χ4v) is 2.25. The summed E-state index contributed by atoms with van der Waals surface area (Å²) >= 11 is 0. The predicted molar refractivity (Wildman–Crippen MR) is 82.8 cm³/mol. The molecule has 0 spiro atoms. The van der Waals surface area contributed by atoms with Crippen molar-refractivity contribution in [3.8, 4) is 0 Å². The molecule has 1 heterocycles. The first-order chi connectivity index (χ1) is 9.88. The van der Waals surface area contributed by atoms with Gasteiger partial charge in [0.15, 0.2) is 0 Å². The van der Waals surface area contributed by atoms with Crippen LogP contribution in [0.2, 0.25) is 0 Å². The Balaban J connectivity index is 1.67. The number of methoxy groups -OCH3 is 1. The molecule has 1 aromatic carbocycles. The smallest absolute Gasteiger partial charge is 0.0587 e. The maximum atomic E-state index is 5.01. The lowest BCUT2D eigenvalue weighted by atomic mass is 10.1. The van der Waals surface area contributed by atoms with Crippen molar-refractivity contribution in [2.75, 3.05) is 20.3 Å². The van der Waals surface area contributed by atoms with Crippen LogP contribution >= 0.6 is 0 Å². The van der Waals surface area contributed by atoms with Crippen LogP contribution in [0.4, 0.5) is 0 Å². The van der Waals surface area contributed by atoms with E-state index in [9.17, 15) is 0 Å². The molecule has 2 aromatic rings. The van der Waals surface area contributed by atoms with Gasteiger partial charge < -0.3 is 14.6 Å². The van der Waals surface area contributed by atoms with Crippen LogP contribution in [-0.2, 0) is 24.2 Å². The zero-order chi connectivity index (χ0) is 14.0. The SMILES string of the molecule is COCCNCc1ccn(CCCc2ccccc2)c1. The molecule has 1 N–H and O–H groups in total. The van der Waals surface area contributed by atoms with Gasteiger partial charge in [0.2, 0.25) is 0 Å². The first-order valence-electron chi connectivity index (χ1n) is 7.27. The molecule has 0 aliphatic rings. The summed E-state index contributed by atoms with van der Waals surface area (Å²) in [5.74, 6) is 0. The lowest BCUT2D eigenvalue weighted by Crippen LogP contribution is -2.18. The molecule has 0 amide bonds. The highest BCUT2D eigenvalue weighted by Gasteiger charge is 1.98. The maximum Gasteiger partial charge on any atom is 0.0587 e. The average Bonchev–Trinajstić information content (AvgIpc) is 2.93. The van der Waals surface area contributed by atoms with Gasteiger partial charge in [0.25, 0.3) is 0 Å². The third-order valence-electron chi connectivity index (χ3n) is 3.35. The Bertz CT molecular complexity index is 479. The molecule has 108 valence electrons. The topological polar surface area (TPSA) is 26.2 Å². The van der Waals surface area contributed by atoms with Crippen LogP contribution in [-0.4, -0.2) is 24.8 Å². The van der Waals surface area contributed by atoms with Gasteiger partial charge in [-0.3, -0.25) is 0 Å². The van der Waals surface area contributed by atoms with Crippen LogP contribution < -0.4 is 5.32 Å². The minimum atomic E-state index is 0.762. The lowest BCUT2D eigenvalue weighted by Gasteiger charge is -2.04. The quantitative estimate of drug-likeness (QED) is 0.710. The Hall–Kier alpha value is -1.58. The number of nitrogens with one attached hydrogen (secondary N) is 1. The van der Waals surface area contributed by atoms with Gasteiger partial charge in [-0.15, -0.1) is 0 Å². The van der Waals surface area contributed by atoms with Crippen LogP contribution in [0.25, 0.3) is 0 Å². The molecular formula is C17H24N2O. The average molecular weight is 272 g/mol. The van der Waals surface area contributed by atoms with Gasteiger partial charge in [-0.05, 0) is 30.0 Å². The fraction of sp³-hybridized carbons (Fsp3) is 0.412. The number of benzene rings is 1. The van der Waals surface area contributed by atoms with E-state index in [2.05, 4.69) is 58.7 Å². The molecule has 0 saturated carbocycles. The molecule has 0 fully saturated rings. The summed E-state index contributed by atoms with van der Waals surface area (Å²) in [7, 11) is 1.73. The lowest BCUT2D eigenvalue weighted by molar-refractivity contribution is 0.199. The zero-order valence-electron chi connectivity index (χ0n) is 12.2. The van der Waals surface area contributed by atoms with Crippen LogP contribution in [0.15, 0.2) is 48.8 Å². The monoisotopic (exact) mass is 272 g/mol. The van der Waals surface area contributed by atoms with E-state index in [1.54, 1.807) is 7.11 Å². The van der Waals surface area contributed by atoms with Gasteiger partial charge in [0, 0.05) is 39.1 Å². The van der Waals surface area contributed by atoms with Gasteiger partial charge in [-0.1, -0.05) is 30.3 Å². The van der Waals surface area contributed by atoms with Gasteiger partial charge in [-0.25, -0.2) is 0 Å². The van der Waals surface area contributed by atoms with Gasteiger partial charge in [0.1, 0.15) is 0 Å². The molecule has 0 aliphatic heterocycles. The van der Waals surface area contributed by atoms with Crippen molar-refractivity contribution in [3.63, 3.8) is 0 Å². The summed E-state index contributed by atoms with van der Waals surface area (Å²) in [5.41, 5.74) is 2.75. The number of aromatic nitrogens is 1. The highest BCUT2D eigenvalue weighted by molar-refractivity contribution is 5.14. The van der Waals surface area contributed by atoms with E-state index < -0.39 is 0 Å². The third-order valence-corrected chi connectivity index (χ3v) is 3.35. The fourth-order valence-electron chi connectivity index (χ4n) is 2.25. The number of aryl methyl sites for hydroxylation is 2. The summed E-state index contributed by atoms with van der Waals surface area (Å²) in [4.78, 5) is 0. The number of rotatable bonds is 9. The van der Waals surface area contributed by atoms with Crippen molar-refractivity contribution >= 4 is 0 Å². The standard InChI is InChI=1S/C17H24N2O/c1-20-13-10-18-14-17-9-12-19(15-17)11-5-8-16-6-3-2-4-7-16/h2-4,6-7,9,12,15,18H,5,8,10-11,13-14H2,1H3. The first-order valence-corrected chi connectivity index (χ1v) is 7.27. The van der Waals surface area contributed by atoms with Crippen LogP contribution in [0.1, 0.15) is 17.5 Å². The Morgan fingerprint density at radius 1 is 1.10 bits per heavy atom. The normalized spacial score (nSPS) is 10.8. The summed E-state index contributed by atoms with van der Waals surface area (Å²) in [6, 6.07) is 12.9. The van der Waals surface area contributed by atoms with E-state index in [0.717, 1.165) is 32.7 Å². The highest BCUT2D eigenvalue weighted by Crippen LogP contribution is 2.06. The maximum absolute atomic E-state index is 5.01.